The molecule has 3 heterocycles. The number of anilines is 1. The smallest absolute Gasteiger partial charge is 0.350 e. The quantitative estimate of drug-likeness (QED) is 0.277. The molecule has 2 aromatic heterocycles. The number of thiazole rings is 1. The Hall–Kier alpha value is -3.75. The van der Waals surface area contributed by atoms with Crippen molar-refractivity contribution in [1.82, 2.24) is 4.98 Å². The van der Waals surface area contributed by atoms with Gasteiger partial charge in [-0.1, -0.05) is 59.9 Å². The molecule has 34 heavy (non-hydrogen) atoms. The molecule has 0 fully saturated rings. The van der Waals surface area contributed by atoms with Crippen LogP contribution >= 0.6 is 22.9 Å². The highest BCUT2D eigenvalue weighted by molar-refractivity contribution is 7.17. The second kappa shape index (κ2) is 8.55. The zero-order chi connectivity index (χ0) is 24.0. The third-order valence-electron chi connectivity index (χ3n) is 5.45. The van der Waals surface area contributed by atoms with Gasteiger partial charge in [-0.25, -0.2) is 9.78 Å². The molecule has 0 saturated carbocycles. The first-order chi connectivity index (χ1) is 16.4. The third-order valence-corrected chi connectivity index (χ3v) is 6.82. The van der Waals surface area contributed by atoms with E-state index in [0.29, 0.717) is 27.2 Å². The highest BCUT2D eigenvalue weighted by Gasteiger charge is 2.45. The van der Waals surface area contributed by atoms with E-state index in [1.54, 1.807) is 55.5 Å². The van der Waals surface area contributed by atoms with Crippen molar-refractivity contribution < 1.29 is 18.7 Å². The average Bonchev–Trinajstić information content (AvgIpc) is 3.35. The van der Waals surface area contributed by atoms with E-state index in [0.717, 1.165) is 11.3 Å². The lowest BCUT2D eigenvalue weighted by Gasteiger charge is -2.22. The van der Waals surface area contributed by atoms with Crippen molar-refractivity contribution in [3.05, 3.63) is 104 Å². The second-order valence-electron chi connectivity index (χ2n) is 7.60. The Bertz CT molecular complexity index is 1540. The number of carbonyl (C=O) groups excluding carboxylic acids is 2. The molecule has 5 rings (SSSR count). The molecule has 9 heteroatoms. The van der Waals surface area contributed by atoms with E-state index < -0.39 is 17.9 Å². The molecule has 4 aromatic rings. The van der Waals surface area contributed by atoms with Gasteiger partial charge in [0.1, 0.15) is 17.1 Å². The maximum Gasteiger partial charge on any atom is 0.350 e. The zero-order valence-corrected chi connectivity index (χ0v) is 19.5. The molecule has 1 aliphatic rings. The molecule has 1 amide bonds. The van der Waals surface area contributed by atoms with E-state index in [9.17, 15) is 14.4 Å². The number of nitrogens with zero attached hydrogens (tertiary/aromatic N) is 2. The van der Waals surface area contributed by atoms with Crippen LogP contribution in [0, 0.1) is 6.92 Å². The number of rotatable bonds is 5. The fourth-order valence-electron chi connectivity index (χ4n) is 3.98. The molecule has 0 N–H and O–H groups in total. The van der Waals surface area contributed by atoms with Crippen molar-refractivity contribution in [3.8, 4) is 0 Å². The van der Waals surface area contributed by atoms with Crippen LogP contribution in [0.5, 0.6) is 0 Å². The van der Waals surface area contributed by atoms with Gasteiger partial charge in [0.25, 0.3) is 5.91 Å². The Labute approximate surface area is 202 Å². The van der Waals surface area contributed by atoms with Gasteiger partial charge in [-0.05, 0) is 36.8 Å². The largest absolute Gasteiger partial charge is 0.457 e. The molecule has 170 valence electrons. The van der Waals surface area contributed by atoms with Crippen molar-refractivity contribution in [1.29, 1.82) is 0 Å². The maximum atomic E-state index is 13.6. The van der Waals surface area contributed by atoms with E-state index in [1.807, 2.05) is 0 Å². The number of hydrogen-bond acceptors (Lipinski definition) is 7. The fourth-order valence-corrected chi connectivity index (χ4v) is 5.17. The van der Waals surface area contributed by atoms with E-state index in [2.05, 4.69) is 11.6 Å². The average molecular weight is 493 g/mol. The standard InChI is InChI=1S/C25H17ClN2O5S/c1-3-11-32-24(31)22-13(2)27-25(34-22)28-19(14-7-6-8-15(26)12-14)18-20(29)16-9-4-5-10-17(16)33-21(18)23(28)30/h3-10,12,19H,1,11H2,2H3. The minimum atomic E-state index is -0.829. The molecule has 2 aromatic carbocycles. The summed E-state index contributed by atoms with van der Waals surface area (Å²) in [5.41, 5.74) is 1.24. The van der Waals surface area contributed by atoms with E-state index >= 15 is 0 Å². The normalized spacial score (nSPS) is 14.9. The van der Waals surface area contributed by atoms with Crippen LogP contribution < -0.4 is 10.3 Å². The highest BCUT2D eigenvalue weighted by Crippen LogP contribution is 2.43. The summed E-state index contributed by atoms with van der Waals surface area (Å²) in [6, 6.07) is 12.9. The number of fused-ring (bicyclic) bond motifs is 2. The van der Waals surface area contributed by atoms with Gasteiger partial charge in [0.2, 0.25) is 5.76 Å². The molecule has 1 unspecified atom stereocenters. The number of para-hydroxylation sites is 1. The van der Waals surface area contributed by atoms with Gasteiger partial charge in [0.05, 0.1) is 22.7 Å². The minimum absolute atomic E-state index is 0.0513. The van der Waals surface area contributed by atoms with Crippen molar-refractivity contribution in [3.63, 3.8) is 0 Å². The summed E-state index contributed by atoms with van der Waals surface area (Å²) < 4.78 is 11.1. The van der Waals surface area contributed by atoms with Gasteiger partial charge >= 0.3 is 5.97 Å². The first-order valence-corrected chi connectivity index (χ1v) is 11.5. The molecule has 7 nitrogen and oxygen atoms in total. The van der Waals surface area contributed by atoms with E-state index in [1.165, 1.54) is 11.0 Å². The second-order valence-corrected chi connectivity index (χ2v) is 9.01. The number of carbonyl (C=O) groups is 2. The Morgan fingerprint density at radius 1 is 1.26 bits per heavy atom. The first kappa shape index (κ1) is 22.1. The predicted molar refractivity (Wildman–Crippen MR) is 130 cm³/mol. The van der Waals surface area contributed by atoms with Crippen LogP contribution in [-0.4, -0.2) is 23.5 Å². The van der Waals surface area contributed by atoms with Gasteiger partial charge in [0.15, 0.2) is 10.6 Å². The lowest BCUT2D eigenvalue weighted by Crippen LogP contribution is -2.29. The molecular weight excluding hydrogens is 476 g/mol. The fraction of sp³-hybridized carbons (Fsp3) is 0.120. The van der Waals surface area contributed by atoms with Crippen molar-refractivity contribution in [2.75, 3.05) is 11.5 Å². The topological polar surface area (TPSA) is 89.7 Å². The lowest BCUT2D eigenvalue weighted by molar-refractivity contribution is 0.0554. The Morgan fingerprint density at radius 3 is 2.82 bits per heavy atom. The number of benzene rings is 2. The summed E-state index contributed by atoms with van der Waals surface area (Å²) in [5.74, 6) is -1.15. The van der Waals surface area contributed by atoms with Crippen LogP contribution in [-0.2, 0) is 4.74 Å². The molecule has 0 spiro atoms. The summed E-state index contributed by atoms with van der Waals surface area (Å²) >= 11 is 7.26. The van der Waals surface area contributed by atoms with Crippen LogP contribution in [0.25, 0.3) is 11.0 Å². The van der Waals surface area contributed by atoms with Crippen molar-refractivity contribution >= 4 is 50.9 Å². The zero-order valence-electron chi connectivity index (χ0n) is 17.9. The highest BCUT2D eigenvalue weighted by atomic mass is 35.5. The molecule has 0 radical (unpaired) electrons. The van der Waals surface area contributed by atoms with Crippen LogP contribution in [0.2, 0.25) is 5.02 Å². The van der Waals surface area contributed by atoms with Gasteiger partial charge in [-0.3, -0.25) is 14.5 Å². The van der Waals surface area contributed by atoms with E-state index in [4.69, 9.17) is 20.8 Å². The predicted octanol–water partition coefficient (Wildman–Crippen LogP) is 5.30. The number of halogens is 1. The number of ether oxygens (including phenoxy) is 1. The number of hydrogen-bond donors (Lipinski definition) is 0. The van der Waals surface area contributed by atoms with Gasteiger partial charge in [-0.15, -0.1) is 0 Å². The number of esters is 1. The third kappa shape index (κ3) is 3.52. The number of amides is 1. The summed E-state index contributed by atoms with van der Waals surface area (Å²) in [6.45, 7) is 5.25. The number of aromatic nitrogens is 1. The van der Waals surface area contributed by atoms with Crippen molar-refractivity contribution in [2.24, 2.45) is 0 Å². The van der Waals surface area contributed by atoms with Gasteiger partial charge < -0.3 is 9.15 Å². The summed E-state index contributed by atoms with van der Waals surface area (Å²) in [6.07, 6.45) is 1.47. The van der Waals surface area contributed by atoms with Gasteiger partial charge in [-0.2, -0.15) is 0 Å². The van der Waals surface area contributed by atoms with Crippen LogP contribution in [0.15, 0.2) is 70.4 Å². The van der Waals surface area contributed by atoms with Crippen LogP contribution in [0.4, 0.5) is 5.13 Å². The molecule has 0 aliphatic carbocycles. The van der Waals surface area contributed by atoms with Gasteiger partial charge in [0, 0.05) is 5.02 Å². The summed E-state index contributed by atoms with van der Waals surface area (Å²) in [4.78, 5) is 45.7. The molecular formula is C25H17ClN2O5S. The SMILES string of the molecule is C=CCOC(=O)c1sc(N2C(=O)c3oc4ccccc4c(=O)c3C2c2cccc(Cl)c2)nc1C. The molecule has 0 bridgehead atoms. The Morgan fingerprint density at radius 2 is 2.06 bits per heavy atom. The van der Waals surface area contributed by atoms with E-state index in [-0.39, 0.29) is 33.4 Å². The summed E-state index contributed by atoms with van der Waals surface area (Å²) in [5, 5.41) is 1.06. The molecule has 0 saturated heterocycles. The van der Waals surface area contributed by atoms with Crippen LogP contribution in [0.1, 0.15) is 43.1 Å². The minimum Gasteiger partial charge on any atom is -0.457 e. The first-order valence-electron chi connectivity index (χ1n) is 10.3. The van der Waals surface area contributed by atoms with Crippen molar-refractivity contribution in [2.45, 2.75) is 13.0 Å². The monoisotopic (exact) mass is 492 g/mol. The van der Waals surface area contributed by atoms with Crippen LogP contribution in [0.3, 0.4) is 0 Å². The maximum absolute atomic E-state index is 13.6. The lowest BCUT2D eigenvalue weighted by atomic mass is 9.99. The molecule has 1 aliphatic heterocycles. The molecule has 1 atom stereocenters. The number of aryl methyl sites for hydroxylation is 1. The Kier molecular flexibility index (Phi) is 5.55. The summed E-state index contributed by atoms with van der Waals surface area (Å²) in [7, 11) is 0. The Balaban J connectivity index is 1.72.